The third kappa shape index (κ3) is 2.77. The lowest BCUT2D eigenvalue weighted by molar-refractivity contribution is -0.384. The number of halogens is 1. The molecule has 1 heterocycles. The van der Waals surface area contributed by atoms with E-state index in [9.17, 15) is 14.9 Å². The van der Waals surface area contributed by atoms with E-state index in [0.717, 1.165) is 19.4 Å². The molecule has 0 saturated carbocycles. The predicted molar refractivity (Wildman–Crippen MR) is 67.8 cm³/mol. The van der Waals surface area contributed by atoms with Gasteiger partial charge < -0.3 is 10.6 Å². The van der Waals surface area contributed by atoms with Crippen molar-refractivity contribution in [3.8, 4) is 0 Å². The van der Waals surface area contributed by atoms with Crippen LogP contribution in [0.4, 0.5) is 11.4 Å². The van der Waals surface area contributed by atoms with Gasteiger partial charge in [-0.25, -0.2) is 0 Å². The zero-order valence-electron chi connectivity index (χ0n) is 9.48. The van der Waals surface area contributed by atoms with Gasteiger partial charge in [-0.2, -0.15) is 0 Å². The molecule has 18 heavy (non-hydrogen) atoms. The molecule has 1 atom stereocenters. The fourth-order valence-corrected chi connectivity index (χ4v) is 2.07. The number of amides is 1. The van der Waals surface area contributed by atoms with Gasteiger partial charge in [0.15, 0.2) is 0 Å². The number of nitro groups is 1. The molecule has 96 valence electrons. The number of carbonyl (C=O) groups excluding carboxylic acids is 1. The van der Waals surface area contributed by atoms with Gasteiger partial charge in [0.2, 0.25) is 5.91 Å². The van der Waals surface area contributed by atoms with Crippen molar-refractivity contribution in [2.45, 2.75) is 18.9 Å². The highest BCUT2D eigenvalue weighted by molar-refractivity contribution is 6.34. The van der Waals surface area contributed by atoms with Crippen LogP contribution >= 0.6 is 11.6 Å². The standard InChI is InChI=1S/C11H12ClN3O3/c12-8-6-7(15(17)18)3-4-9(8)14-11(16)10-2-1-5-13-10/h3-4,6,10,13H,1-2,5H2,(H,14,16). The summed E-state index contributed by atoms with van der Waals surface area (Å²) in [6.45, 7) is 0.825. The van der Waals surface area contributed by atoms with Crippen molar-refractivity contribution in [3.05, 3.63) is 33.3 Å². The highest BCUT2D eigenvalue weighted by Crippen LogP contribution is 2.26. The lowest BCUT2D eigenvalue weighted by atomic mass is 10.2. The van der Waals surface area contributed by atoms with Crippen molar-refractivity contribution in [2.75, 3.05) is 11.9 Å². The molecule has 1 amide bonds. The van der Waals surface area contributed by atoms with Crippen molar-refractivity contribution in [1.82, 2.24) is 5.32 Å². The molecule has 6 nitrogen and oxygen atoms in total. The normalized spacial score (nSPS) is 18.6. The zero-order valence-corrected chi connectivity index (χ0v) is 10.2. The molecular weight excluding hydrogens is 258 g/mol. The van der Waals surface area contributed by atoms with Gasteiger partial charge in [0.05, 0.1) is 21.7 Å². The summed E-state index contributed by atoms with van der Waals surface area (Å²) in [6, 6.07) is 3.76. The molecule has 1 aliphatic heterocycles. The Kier molecular flexibility index (Phi) is 3.78. The fraction of sp³-hybridized carbons (Fsp3) is 0.364. The predicted octanol–water partition coefficient (Wildman–Crippen LogP) is 1.94. The Morgan fingerprint density at radius 1 is 1.56 bits per heavy atom. The summed E-state index contributed by atoms with van der Waals surface area (Å²) < 4.78 is 0. The average molecular weight is 270 g/mol. The first kappa shape index (κ1) is 12.8. The van der Waals surface area contributed by atoms with Crippen molar-refractivity contribution >= 4 is 28.9 Å². The molecule has 0 radical (unpaired) electrons. The summed E-state index contributed by atoms with van der Waals surface area (Å²) in [7, 11) is 0. The maximum absolute atomic E-state index is 11.8. The molecule has 0 spiro atoms. The molecular formula is C11H12ClN3O3. The molecule has 7 heteroatoms. The summed E-state index contributed by atoms with van der Waals surface area (Å²) >= 11 is 5.88. The number of anilines is 1. The third-order valence-electron chi connectivity index (χ3n) is 2.80. The summed E-state index contributed by atoms with van der Waals surface area (Å²) in [5, 5.41) is 16.4. The highest BCUT2D eigenvalue weighted by Gasteiger charge is 2.22. The average Bonchev–Trinajstić information content (AvgIpc) is 2.85. The summed E-state index contributed by atoms with van der Waals surface area (Å²) in [5.41, 5.74) is 0.290. The van der Waals surface area contributed by atoms with E-state index in [1.807, 2.05) is 0 Å². The molecule has 1 unspecified atom stereocenters. The third-order valence-corrected chi connectivity index (χ3v) is 3.11. The maximum atomic E-state index is 11.8. The molecule has 1 aromatic rings. The summed E-state index contributed by atoms with van der Waals surface area (Å²) in [4.78, 5) is 21.8. The number of non-ortho nitro benzene ring substituents is 1. The van der Waals surface area contributed by atoms with Crippen molar-refractivity contribution < 1.29 is 9.72 Å². The van der Waals surface area contributed by atoms with Crippen LogP contribution in [0, 0.1) is 10.1 Å². The summed E-state index contributed by atoms with van der Waals surface area (Å²) in [5.74, 6) is -0.164. The Bertz CT molecular complexity index is 486. The van der Waals surface area contributed by atoms with Crippen molar-refractivity contribution in [1.29, 1.82) is 0 Å². The largest absolute Gasteiger partial charge is 0.323 e. The topological polar surface area (TPSA) is 84.3 Å². The van der Waals surface area contributed by atoms with Crippen LogP contribution in [-0.2, 0) is 4.79 Å². The first-order valence-electron chi connectivity index (χ1n) is 5.56. The number of nitrogens with zero attached hydrogens (tertiary/aromatic N) is 1. The molecule has 2 rings (SSSR count). The van der Waals surface area contributed by atoms with Crippen LogP contribution in [0.5, 0.6) is 0 Å². The van der Waals surface area contributed by atoms with Gasteiger partial charge in [-0.3, -0.25) is 14.9 Å². The highest BCUT2D eigenvalue weighted by atomic mass is 35.5. The van der Waals surface area contributed by atoms with Gasteiger partial charge in [-0.05, 0) is 25.5 Å². The number of rotatable bonds is 3. The second kappa shape index (κ2) is 5.32. The first-order chi connectivity index (χ1) is 8.58. The van der Waals surface area contributed by atoms with Crippen LogP contribution in [0.15, 0.2) is 18.2 Å². The van der Waals surface area contributed by atoms with Gasteiger partial charge in [-0.1, -0.05) is 11.6 Å². The molecule has 0 aliphatic carbocycles. The second-order valence-electron chi connectivity index (χ2n) is 4.06. The lowest BCUT2D eigenvalue weighted by Gasteiger charge is -2.11. The van der Waals surface area contributed by atoms with Crippen LogP contribution in [0.25, 0.3) is 0 Å². The van der Waals surface area contributed by atoms with Gasteiger partial charge in [-0.15, -0.1) is 0 Å². The minimum Gasteiger partial charge on any atom is -0.323 e. The second-order valence-corrected chi connectivity index (χ2v) is 4.47. The number of nitrogens with one attached hydrogen (secondary N) is 2. The Hall–Kier alpha value is -1.66. The fourth-order valence-electron chi connectivity index (χ4n) is 1.85. The number of nitro benzene ring substituents is 1. The minimum atomic E-state index is -0.532. The lowest BCUT2D eigenvalue weighted by Crippen LogP contribution is -2.35. The SMILES string of the molecule is O=C(Nc1ccc([N+](=O)[O-])cc1Cl)C1CCCN1. The van der Waals surface area contributed by atoms with E-state index in [0.29, 0.717) is 5.69 Å². The van der Waals surface area contributed by atoms with Gasteiger partial charge >= 0.3 is 0 Å². The number of hydrogen-bond donors (Lipinski definition) is 2. The van der Waals surface area contributed by atoms with E-state index in [4.69, 9.17) is 11.6 Å². The molecule has 1 fully saturated rings. The minimum absolute atomic E-state index is 0.100. The van der Waals surface area contributed by atoms with Crippen molar-refractivity contribution in [2.24, 2.45) is 0 Å². The van der Waals surface area contributed by atoms with Crippen LogP contribution in [-0.4, -0.2) is 23.4 Å². The van der Waals surface area contributed by atoms with Gasteiger partial charge in [0.25, 0.3) is 5.69 Å². The van der Waals surface area contributed by atoms with E-state index >= 15 is 0 Å². The quantitative estimate of drug-likeness (QED) is 0.649. The first-order valence-corrected chi connectivity index (χ1v) is 5.94. The van der Waals surface area contributed by atoms with E-state index in [1.54, 1.807) is 0 Å². The number of benzene rings is 1. The molecule has 1 saturated heterocycles. The Morgan fingerprint density at radius 2 is 2.33 bits per heavy atom. The van der Waals surface area contributed by atoms with Crippen LogP contribution in [0.1, 0.15) is 12.8 Å². The maximum Gasteiger partial charge on any atom is 0.271 e. The van der Waals surface area contributed by atoms with E-state index in [2.05, 4.69) is 10.6 Å². The Morgan fingerprint density at radius 3 is 2.89 bits per heavy atom. The smallest absolute Gasteiger partial charge is 0.271 e. The monoisotopic (exact) mass is 269 g/mol. The van der Waals surface area contributed by atoms with Crippen LogP contribution in [0.2, 0.25) is 5.02 Å². The van der Waals surface area contributed by atoms with Crippen LogP contribution in [0.3, 0.4) is 0 Å². The van der Waals surface area contributed by atoms with Gasteiger partial charge in [0.1, 0.15) is 0 Å². The molecule has 0 bridgehead atoms. The Labute approximate surface area is 108 Å². The van der Waals surface area contributed by atoms with Crippen LogP contribution < -0.4 is 10.6 Å². The summed E-state index contributed by atoms with van der Waals surface area (Å²) in [6.07, 6.45) is 1.75. The van der Waals surface area contributed by atoms with E-state index in [1.165, 1.54) is 18.2 Å². The van der Waals surface area contributed by atoms with Gasteiger partial charge in [0, 0.05) is 12.1 Å². The number of carbonyl (C=O) groups is 1. The zero-order chi connectivity index (χ0) is 13.1. The molecule has 0 aromatic heterocycles. The number of hydrogen-bond acceptors (Lipinski definition) is 4. The molecule has 2 N–H and O–H groups in total. The van der Waals surface area contributed by atoms with Crippen molar-refractivity contribution in [3.63, 3.8) is 0 Å². The molecule has 1 aliphatic rings. The van der Waals surface area contributed by atoms with E-state index in [-0.39, 0.29) is 22.7 Å². The van der Waals surface area contributed by atoms with E-state index < -0.39 is 4.92 Å². The Balaban J connectivity index is 2.09. The molecule has 1 aromatic carbocycles.